The zero-order valence-corrected chi connectivity index (χ0v) is 8.38. The Bertz CT molecular complexity index is 330. The summed E-state index contributed by atoms with van der Waals surface area (Å²) < 4.78 is 0. The van der Waals surface area contributed by atoms with Crippen molar-refractivity contribution in [3.8, 4) is 0 Å². The zero-order chi connectivity index (χ0) is 9.97. The molecule has 14 heavy (non-hydrogen) atoms. The second kappa shape index (κ2) is 4.02. The van der Waals surface area contributed by atoms with Gasteiger partial charge in [0.05, 0.1) is 10.9 Å². The van der Waals surface area contributed by atoms with Gasteiger partial charge in [0.1, 0.15) is 0 Å². The predicted octanol–water partition coefficient (Wildman–Crippen LogP) is 1.72. The first-order valence-electron chi connectivity index (χ1n) is 4.45. The first-order chi connectivity index (χ1) is 6.77. The van der Waals surface area contributed by atoms with E-state index in [9.17, 15) is 4.79 Å². The molecular weight excluding hydrogens is 198 g/mol. The number of carboxylic acids is 1. The molecule has 1 aliphatic rings. The highest BCUT2D eigenvalue weighted by Crippen LogP contribution is 2.29. The average Bonchev–Trinajstić information content (AvgIpc) is 2.71. The lowest BCUT2D eigenvalue weighted by Crippen LogP contribution is -2.12. The van der Waals surface area contributed by atoms with E-state index in [0.717, 1.165) is 17.9 Å². The topological polar surface area (TPSA) is 49.3 Å². The molecule has 0 bridgehead atoms. The van der Waals surface area contributed by atoms with Crippen molar-refractivity contribution in [2.75, 3.05) is 12.3 Å². The van der Waals surface area contributed by atoms with Crippen molar-refractivity contribution < 1.29 is 9.90 Å². The molecule has 0 amide bonds. The van der Waals surface area contributed by atoms with E-state index in [2.05, 4.69) is 5.32 Å². The maximum Gasteiger partial charge on any atom is 0.335 e. The highest BCUT2D eigenvalue weighted by Gasteiger charge is 2.16. The van der Waals surface area contributed by atoms with Crippen molar-refractivity contribution in [3.05, 3.63) is 35.4 Å². The van der Waals surface area contributed by atoms with Gasteiger partial charge in [0.15, 0.2) is 0 Å². The number of carboxylic acid groups (broad SMARTS) is 1. The van der Waals surface area contributed by atoms with E-state index in [1.54, 1.807) is 12.1 Å². The summed E-state index contributed by atoms with van der Waals surface area (Å²) in [4.78, 5) is 10.6. The lowest BCUT2D eigenvalue weighted by atomic mass is 10.1. The van der Waals surface area contributed by atoms with Gasteiger partial charge in [-0.2, -0.15) is 0 Å². The second-order valence-electron chi connectivity index (χ2n) is 3.13. The van der Waals surface area contributed by atoms with Crippen LogP contribution in [0.5, 0.6) is 0 Å². The molecule has 1 fully saturated rings. The van der Waals surface area contributed by atoms with Crippen LogP contribution in [0.3, 0.4) is 0 Å². The van der Waals surface area contributed by atoms with Gasteiger partial charge in [0.25, 0.3) is 0 Å². The molecule has 1 saturated heterocycles. The first-order valence-corrected chi connectivity index (χ1v) is 5.50. The minimum absolute atomic E-state index is 0.331. The van der Waals surface area contributed by atoms with Gasteiger partial charge in [-0.25, -0.2) is 4.79 Å². The summed E-state index contributed by atoms with van der Waals surface area (Å²) in [5, 5.41) is 12.4. The lowest BCUT2D eigenvalue weighted by Gasteiger charge is -2.09. The Hall–Kier alpha value is -1.00. The van der Waals surface area contributed by atoms with Gasteiger partial charge in [-0.05, 0) is 17.7 Å². The number of aromatic carboxylic acids is 1. The van der Waals surface area contributed by atoms with Crippen molar-refractivity contribution in [3.63, 3.8) is 0 Å². The van der Waals surface area contributed by atoms with Crippen LogP contribution in [0.1, 0.15) is 21.3 Å². The van der Waals surface area contributed by atoms with E-state index in [0.29, 0.717) is 10.9 Å². The average molecular weight is 209 g/mol. The standard InChI is InChI=1S/C10H11NO2S/c12-10(13)8-3-1-7(2-4-8)9-11-5-6-14-9/h1-4,9,11H,5-6H2,(H,12,13)/t9-/m1/s1. The normalized spacial score (nSPS) is 21.0. The Morgan fingerprint density at radius 3 is 2.64 bits per heavy atom. The number of thioether (sulfide) groups is 1. The fourth-order valence-electron chi connectivity index (χ4n) is 1.44. The minimum atomic E-state index is -0.872. The summed E-state index contributed by atoms with van der Waals surface area (Å²) in [6, 6.07) is 7.05. The molecule has 4 heteroatoms. The molecule has 0 unspecified atom stereocenters. The maximum atomic E-state index is 10.6. The number of carbonyl (C=O) groups is 1. The molecule has 0 radical (unpaired) electrons. The van der Waals surface area contributed by atoms with E-state index in [1.165, 1.54) is 0 Å². The molecule has 0 saturated carbocycles. The van der Waals surface area contributed by atoms with E-state index in [1.807, 2.05) is 23.9 Å². The van der Waals surface area contributed by atoms with Gasteiger partial charge in [-0.3, -0.25) is 0 Å². The number of rotatable bonds is 2. The molecule has 0 aromatic heterocycles. The van der Waals surface area contributed by atoms with Gasteiger partial charge in [-0.1, -0.05) is 12.1 Å². The minimum Gasteiger partial charge on any atom is -0.478 e. The number of benzene rings is 1. The van der Waals surface area contributed by atoms with Crippen LogP contribution >= 0.6 is 11.8 Å². The molecular formula is C10H11NO2S. The van der Waals surface area contributed by atoms with Crippen LogP contribution in [0.25, 0.3) is 0 Å². The Morgan fingerprint density at radius 2 is 2.14 bits per heavy atom. The molecule has 1 aliphatic heterocycles. The van der Waals surface area contributed by atoms with Gasteiger partial charge in [-0.15, -0.1) is 11.8 Å². The maximum absolute atomic E-state index is 10.6. The van der Waals surface area contributed by atoms with Crippen molar-refractivity contribution >= 4 is 17.7 Å². The molecule has 1 atom stereocenters. The van der Waals surface area contributed by atoms with Gasteiger partial charge in [0, 0.05) is 12.3 Å². The molecule has 1 heterocycles. The molecule has 1 aromatic carbocycles. The molecule has 3 nitrogen and oxygen atoms in total. The smallest absolute Gasteiger partial charge is 0.335 e. The van der Waals surface area contributed by atoms with Crippen LogP contribution in [0.2, 0.25) is 0 Å². The Morgan fingerprint density at radius 1 is 1.43 bits per heavy atom. The highest BCUT2D eigenvalue weighted by molar-refractivity contribution is 7.99. The Kier molecular flexibility index (Phi) is 2.74. The molecule has 1 aromatic rings. The monoisotopic (exact) mass is 209 g/mol. The van der Waals surface area contributed by atoms with Gasteiger partial charge in [0.2, 0.25) is 0 Å². The van der Waals surface area contributed by atoms with Crippen molar-refractivity contribution in [1.82, 2.24) is 5.32 Å². The third-order valence-corrected chi connectivity index (χ3v) is 3.39. The van der Waals surface area contributed by atoms with Crippen molar-refractivity contribution in [2.45, 2.75) is 5.37 Å². The third kappa shape index (κ3) is 1.91. The predicted molar refractivity (Wildman–Crippen MR) is 56.6 cm³/mol. The zero-order valence-electron chi connectivity index (χ0n) is 7.56. The van der Waals surface area contributed by atoms with Gasteiger partial charge >= 0.3 is 5.97 Å². The van der Waals surface area contributed by atoms with Crippen LogP contribution in [0, 0.1) is 0 Å². The van der Waals surface area contributed by atoms with Crippen molar-refractivity contribution in [1.29, 1.82) is 0 Å². The molecule has 2 N–H and O–H groups in total. The summed E-state index contributed by atoms with van der Waals surface area (Å²) in [6.07, 6.45) is 0. The summed E-state index contributed by atoms with van der Waals surface area (Å²) in [5.41, 5.74) is 1.49. The van der Waals surface area contributed by atoms with Crippen LogP contribution in [-0.4, -0.2) is 23.4 Å². The SMILES string of the molecule is O=C(O)c1ccc([C@@H]2NCCS2)cc1. The van der Waals surface area contributed by atoms with Crippen LogP contribution in [-0.2, 0) is 0 Å². The summed E-state index contributed by atoms with van der Waals surface area (Å²) in [7, 11) is 0. The first kappa shape index (κ1) is 9.55. The van der Waals surface area contributed by atoms with Gasteiger partial charge < -0.3 is 10.4 Å². The van der Waals surface area contributed by atoms with E-state index < -0.39 is 5.97 Å². The second-order valence-corrected chi connectivity index (χ2v) is 4.35. The number of hydrogen-bond acceptors (Lipinski definition) is 3. The number of hydrogen-bond donors (Lipinski definition) is 2. The number of nitrogens with one attached hydrogen (secondary N) is 1. The summed E-state index contributed by atoms with van der Waals surface area (Å²) >= 11 is 1.85. The molecule has 74 valence electrons. The molecule has 2 rings (SSSR count). The van der Waals surface area contributed by atoms with Crippen LogP contribution < -0.4 is 5.32 Å². The molecule has 0 aliphatic carbocycles. The molecule has 0 spiro atoms. The lowest BCUT2D eigenvalue weighted by molar-refractivity contribution is 0.0697. The quantitative estimate of drug-likeness (QED) is 0.778. The van der Waals surface area contributed by atoms with E-state index >= 15 is 0 Å². The Balaban J connectivity index is 2.16. The van der Waals surface area contributed by atoms with Crippen LogP contribution in [0.4, 0.5) is 0 Å². The van der Waals surface area contributed by atoms with E-state index in [-0.39, 0.29) is 0 Å². The fraction of sp³-hybridized carbons (Fsp3) is 0.300. The third-order valence-electron chi connectivity index (χ3n) is 2.18. The van der Waals surface area contributed by atoms with Crippen molar-refractivity contribution in [2.24, 2.45) is 0 Å². The summed E-state index contributed by atoms with van der Waals surface area (Å²) in [6.45, 7) is 1.02. The Labute approximate surface area is 86.5 Å². The van der Waals surface area contributed by atoms with E-state index in [4.69, 9.17) is 5.11 Å². The van der Waals surface area contributed by atoms with Crippen LogP contribution in [0.15, 0.2) is 24.3 Å². The summed E-state index contributed by atoms with van der Waals surface area (Å²) in [5.74, 6) is 0.245. The highest BCUT2D eigenvalue weighted by atomic mass is 32.2. The largest absolute Gasteiger partial charge is 0.478 e. The fourth-order valence-corrected chi connectivity index (χ4v) is 2.50.